The summed E-state index contributed by atoms with van der Waals surface area (Å²) < 4.78 is 1.97. The van der Waals surface area contributed by atoms with E-state index in [-0.39, 0.29) is 5.91 Å². The van der Waals surface area contributed by atoms with Crippen LogP contribution in [-0.4, -0.2) is 15.7 Å². The Labute approximate surface area is 142 Å². The summed E-state index contributed by atoms with van der Waals surface area (Å²) in [5.74, 6) is -0.0988. The SMILES string of the molecule is Cc1cccc(NC(=O)c2ccc(Cn3nc(C)cc3C)cc2)c1. The van der Waals surface area contributed by atoms with Gasteiger partial charge < -0.3 is 5.32 Å². The lowest BCUT2D eigenvalue weighted by molar-refractivity contribution is 0.102. The molecule has 0 unspecified atom stereocenters. The quantitative estimate of drug-likeness (QED) is 0.786. The second-order valence-corrected chi connectivity index (χ2v) is 6.11. The minimum absolute atomic E-state index is 0.0988. The molecule has 0 fully saturated rings. The minimum atomic E-state index is -0.0988. The number of amides is 1. The Balaban J connectivity index is 1.69. The summed E-state index contributed by atoms with van der Waals surface area (Å²) in [7, 11) is 0. The molecule has 0 saturated carbocycles. The number of hydrogen-bond donors (Lipinski definition) is 1. The molecule has 4 nitrogen and oxygen atoms in total. The number of anilines is 1. The van der Waals surface area contributed by atoms with Crippen molar-refractivity contribution in [1.29, 1.82) is 0 Å². The van der Waals surface area contributed by atoms with E-state index in [2.05, 4.69) is 16.5 Å². The van der Waals surface area contributed by atoms with Gasteiger partial charge in [0, 0.05) is 16.9 Å². The monoisotopic (exact) mass is 319 g/mol. The van der Waals surface area contributed by atoms with Crippen LogP contribution in [0.25, 0.3) is 0 Å². The first-order valence-corrected chi connectivity index (χ1v) is 7.99. The van der Waals surface area contributed by atoms with Crippen molar-refractivity contribution in [3.63, 3.8) is 0 Å². The largest absolute Gasteiger partial charge is 0.322 e. The van der Waals surface area contributed by atoms with Gasteiger partial charge >= 0.3 is 0 Å². The second-order valence-electron chi connectivity index (χ2n) is 6.11. The van der Waals surface area contributed by atoms with E-state index in [1.54, 1.807) is 0 Å². The number of nitrogens with one attached hydrogen (secondary N) is 1. The molecule has 3 aromatic rings. The summed E-state index contributed by atoms with van der Waals surface area (Å²) in [5, 5.41) is 7.39. The molecule has 1 amide bonds. The van der Waals surface area contributed by atoms with Gasteiger partial charge in [-0.15, -0.1) is 0 Å². The molecule has 2 aromatic carbocycles. The third-order valence-electron chi connectivity index (χ3n) is 3.93. The van der Waals surface area contributed by atoms with E-state index in [1.165, 1.54) is 0 Å². The molecule has 1 aromatic heterocycles. The van der Waals surface area contributed by atoms with E-state index >= 15 is 0 Å². The number of aryl methyl sites for hydroxylation is 3. The Hall–Kier alpha value is -2.88. The zero-order valence-corrected chi connectivity index (χ0v) is 14.2. The Bertz CT molecular complexity index is 863. The summed E-state index contributed by atoms with van der Waals surface area (Å²) in [6.45, 7) is 6.74. The van der Waals surface area contributed by atoms with Gasteiger partial charge in [0.1, 0.15) is 0 Å². The number of carbonyl (C=O) groups is 1. The van der Waals surface area contributed by atoms with Gasteiger partial charge in [-0.25, -0.2) is 0 Å². The van der Waals surface area contributed by atoms with Crippen LogP contribution in [-0.2, 0) is 6.54 Å². The van der Waals surface area contributed by atoms with Crippen LogP contribution >= 0.6 is 0 Å². The molecule has 24 heavy (non-hydrogen) atoms. The number of benzene rings is 2. The molecule has 4 heteroatoms. The average molecular weight is 319 g/mol. The molecule has 0 atom stereocenters. The van der Waals surface area contributed by atoms with Gasteiger partial charge in [0.05, 0.1) is 12.2 Å². The molecular formula is C20H21N3O. The molecule has 3 rings (SSSR count). The maximum absolute atomic E-state index is 12.3. The Morgan fingerprint density at radius 1 is 1.04 bits per heavy atom. The van der Waals surface area contributed by atoms with Crippen molar-refractivity contribution >= 4 is 11.6 Å². The highest BCUT2D eigenvalue weighted by molar-refractivity contribution is 6.04. The number of nitrogens with zero attached hydrogens (tertiary/aromatic N) is 2. The smallest absolute Gasteiger partial charge is 0.255 e. The van der Waals surface area contributed by atoms with E-state index in [4.69, 9.17) is 0 Å². The fourth-order valence-electron chi connectivity index (χ4n) is 2.70. The first-order chi connectivity index (χ1) is 11.5. The first kappa shape index (κ1) is 16.0. The first-order valence-electron chi connectivity index (χ1n) is 7.99. The molecule has 1 N–H and O–H groups in total. The van der Waals surface area contributed by atoms with E-state index in [1.807, 2.05) is 74.0 Å². The van der Waals surface area contributed by atoms with Crippen LogP contribution < -0.4 is 5.32 Å². The maximum atomic E-state index is 12.3. The minimum Gasteiger partial charge on any atom is -0.322 e. The lowest BCUT2D eigenvalue weighted by Gasteiger charge is -2.08. The molecule has 0 aliphatic rings. The molecule has 0 saturated heterocycles. The number of hydrogen-bond acceptors (Lipinski definition) is 2. The van der Waals surface area contributed by atoms with E-state index in [9.17, 15) is 4.79 Å². The lowest BCUT2D eigenvalue weighted by atomic mass is 10.1. The van der Waals surface area contributed by atoms with Gasteiger partial charge in [-0.2, -0.15) is 5.10 Å². The standard InChI is InChI=1S/C20H21N3O/c1-14-5-4-6-19(11-14)21-20(24)18-9-7-17(8-10-18)13-23-16(3)12-15(2)22-23/h4-12H,13H2,1-3H3,(H,21,24). The van der Waals surface area contributed by atoms with Crippen molar-refractivity contribution in [2.45, 2.75) is 27.3 Å². The highest BCUT2D eigenvalue weighted by Gasteiger charge is 2.07. The van der Waals surface area contributed by atoms with Crippen molar-refractivity contribution in [1.82, 2.24) is 9.78 Å². The Morgan fingerprint density at radius 2 is 1.79 bits per heavy atom. The van der Waals surface area contributed by atoms with Gasteiger partial charge in [0.15, 0.2) is 0 Å². The molecule has 0 bridgehead atoms. The molecule has 0 spiro atoms. The molecule has 0 aliphatic carbocycles. The van der Waals surface area contributed by atoms with Gasteiger partial charge in [0.2, 0.25) is 0 Å². The van der Waals surface area contributed by atoms with Crippen molar-refractivity contribution in [2.24, 2.45) is 0 Å². The maximum Gasteiger partial charge on any atom is 0.255 e. The summed E-state index contributed by atoms with van der Waals surface area (Å²) in [6, 6.07) is 17.5. The van der Waals surface area contributed by atoms with E-state index < -0.39 is 0 Å². The zero-order valence-electron chi connectivity index (χ0n) is 14.2. The Morgan fingerprint density at radius 3 is 2.42 bits per heavy atom. The van der Waals surface area contributed by atoms with Crippen LogP contribution in [0.1, 0.15) is 32.9 Å². The molecule has 1 heterocycles. The van der Waals surface area contributed by atoms with E-state index in [0.717, 1.165) is 28.2 Å². The topological polar surface area (TPSA) is 46.9 Å². The van der Waals surface area contributed by atoms with Crippen molar-refractivity contribution in [2.75, 3.05) is 5.32 Å². The number of carbonyl (C=O) groups excluding carboxylic acids is 1. The Kier molecular flexibility index (Phi) is 4.47. The highest BCUT2D eigenvalue weighted by atomic mass is 16.1. The number of rotatable bonds is 4. The van der Waals surface area contributed by atoms with Crippen LogP contribution in [0, 0.1) is 20.8 Å². The zero-order chi connectivity index (χ0) is 17.1. The van der Waals surface area contributed by atoms with Gasteiger partial charge in [-0.3, -0.25) is 9.48 Å². The highest BCUT2D eigenvalue weighted by Crippen LogP contribution is 2.13. The molecule has 122 valence electrons. The van der Waals surface area contributed by atoms with Gasteiger partial charge in [-0.05, 0) is 62.2 Å². The van der Waals surface area contributed by atoms with Crippen molar-refractivity contribution in [3.8, 4) is 0 Å². The molecule has 0 radical (unpaired) electrons. The normalized spacial score (nSPS) is 10.6. The van der Waals surface area contributed by atoms with E-state index in [0.29, 0.717) is 12.1 Å². The fourth-order valence-corrected chi connectivity index (χ4v) is 2.70. The van der Waals surface area contributed by atoms with Crippen LogP contribution in [0.5, 0.6) is 0 Å². The summed E-state index contributed by atoms with van der Waals surface area (Å²) in [4.78, 5) is 12.3. The average Bonchev–Trinajstić information content (AvgIpc) is 2.85. The van der Waals surface area contributed by atoms with Gasteiger partial charge in [-0.1, -0.05) is 24.3 Å². The van der Waals surface area contributed by atoms with Gasteiger partial charge in [0.25, 0.3) is 5.91 Å². The predicted octanol–water partition coefficient (Wildman–Crippen LogP) is 4.11. The lowest BCUT2D eigenvalue weighted by Crippen LogP contribution is -2.12. The summed E-state index contributed by atoms with van der Waals surface area (Å²) in [6.07, 6.45) is 0. The van der Waals surface area contributed by atoms with Crippen molar-refractivity contribution in [3.05, 3.63) is 82.7 Å². The third-order valence-corrected chi connectivity index (χ3v) is 3.93. The fraction of sp³-hybridized carbons (Fsp3) is 0.200. The molecule has 0 aliphatic heterocycles. The van der Waals surface area contributed by atoms with Crippen LogP contribution in [0.4, 0.5) is 5.69 Å². The van der Waals surface area contributed by atoms with Crippen LogP contribution in [0.3, 0.4) is 0 Å². The van der Waals surface area contributed by atoms with Crippen molar-refractivity contribution < 1.29 is 4.79 Å². The third kappa shape index (κ3) is 3.71. The molecular weight excluding hydrogens is 298 g/mol. The predicted molar refractivity (Wildman–Crippen MR) is 96.4 cm³/mol. The van der Waals surface area contributed by atoms with Crippen LogP contribution in [0.15, 0.2) is 54.6 Å². The summed E-state index contributed by atoms with van der Waals surface area (Å²) in [5.41, 5.74) is 5.84. The second kappa shape index (κ2) is 6.71. The number of aromatic nitrogens is 2. The van der Waals surface area contributed by atoms with Crippen LogP contribution in [0.2, 0.25) is 0 Å². The summed E-state index contributed by atoms with van der Waals surface area (Å²) >= 11 is 0.